The third kappa shape index (κ3) is 2.93. The van der Waals surface area contributed by atoms with Crippen LogP contribution in [0, 0.1) is 17.1 Å². The largest absolute Gasteiger partial charge is 0.491 e. The van der Waals surface area contributed by atoms with Crippen molar-refractivity contribution in [1.29, 1.82) is 5.26 Å². The standard InChI is InChI=1S/C11H13FN2O/c1-2-15-11-4-3-8(7-9(11)12)10(14)5-6-13/h3-4,7,10H,2,5,14H2,1H3. The summed E-state index contributed by atoms with van der Waals surface area (Å²) in [5.41, 5.74) is 6.28. The first kappa shape index (κ1) is 11.5. The summed E-state index contributed by atoms with van der Waals surface area (Å²) in [7, 11) is 0. The molecule has 0 aliphatic rings. The third-order valence-electron chi connectivity index (χ3n) is 2.00. The summed E-state index contributed by atoms with van der Waals surface area (Å²) >= 11 is 0. The van der Waals surface area contributed by atoms with Gasteiger partial charge in [-0.1, -0.05) is 6.07 Å². The molecule has 0 aliphatic heterocycles. The van der Waals surface area contributed by atoms with E-state index in [2.05, 4.69) is 0 Å². The normalized spacial score (nSPS) is 11.9. The molecule has 1 aromatic carbocycles. The summed E-state index contributed by atoms with van der Waals surface area (Å²) in [6, 6.07) is 6.02. The molecule has 0 radical (unpaired) electrons. The molecule has 3 nitrogen and oxygen atoms in total. The van der Waals surface area contributed by atoms with Crippen molar-refractivity contribution < 1.29 is 9.13 Å². The zero-order valence-corrected chi connectivity index (χ0v) is 8.53. The first-order chi connectivity index (χ1) is 7.19. The highest BCUT2D eigenvalue weighted by Crippen LogP contribution is 2.22. The number of ether oxygens (including phenoxy) is 1. The Kier molecular flexibility index (Phi) is 4.07. The number of halogens is 1. The molecule has 0 saturated carbocycles. The fraction of sp³-hybridized carbons (Fsp3) is 0.364. The summed E-state index contributed by atoms with van der Waals surface area (Å²) in [5.74, 6) is -0.229. The van der Waals surface area contributed by atoms with E-state index in [0.717, 1.165) is 0 Å². The van der Waals surface area contributed by atoms with Crippen molar-refractivity contribution in [2.45, 2.75) is 19.4 Å². The molecule has 0 bridgehead atoms. The Morgan fingerprint density at radius 3 is 2.87 bits per heavy atom. The maximum absolute atomic E-state index is 13.4. The summed E-state index contributed by atoms with van der Waals surface area (Å²) < 4.78 is 18.4. The lowest BCUT2D eigenvalue weighted by molar-refractivity contribution is 0.321. The minimum absolute atomic E-state index is 0.174. The van der Waals surface area contributed by atoms with Gasteiger partial charge in [0.15, 0.2) is 11.6 Å². The van der Waals surface area contributed by atoms with E-state index in [4.69, 9.17) is 15.7 Å². The first-order valence-electron chi connectivity index (χ1n) is 4.73. The molecule has 1 unspecified atom stereocenters. The highest BCUT2D eigenvalue weighted by molar-refractivity contribution is 5.31. The highest BCUT2D eigenvalue weighted by Gasteiger charge is 2.09. The Hall–Kier alpha value is -1.60. The van der Waals surface area contributed by atoms with Crippen molar-refractivity contribution in [3.8, 4) is 11.8 Å². The van der Waals surface area contributed by atoms with Crippen molar-refractivity contribution in [2.24, 2.45) is 5.73 Å². The van der Waals surface area contributed by atoms with Gasteiger partial charge in [-0.15, -0.1) is 0 Å². The maximum atomic E-state index is 13.4. The van der Waals surface area contributed by atoms with E-state index < -0.39 is 11.9 Å². The Morgan fingerprint density at radius 1 is 1.60 bits per heavy atom. The predicted octanol–water partition coefficient (Wildman–Crippen LogP) is 2.14. The predicted molar refractivity (Wildman–Crippen MR) is 54.7 cm³/mol. The van der Waals surface area contributed by atoms with Crippen molar-refractivity contribution in [3.05, 3.63) is 29.6 Å². The van der Waals surface area contributed by atoms with Crippen molar-refractivity contribution >= 4 is 0 Å². The van der Waals surface area contributed by atoms with Crippen LogP contribution >= 0.6 is 0 Å². The van der Waals surface area contributed by atoms with Crippen molar-refractivity contribution in [3.63, 3.8) is 0 Å². The number of benzene rings is 1. The minimum atomic E-state index is -0.444. The van der Waals surface area contributed by atoms with Crippen LogP contribution in [0.4, 0.5) is 4.39 Å². The molecule has 0 heterocycles. The van der Waals surface area contributed by atoms with E-state index in [1.165, 1.54) is 12.1 Å². The zero-order chi connectivity index (χ0) is 11.3. The third-order valence-corrected chi connectivity index (χ3v) is 2.00. The second kappa shape index (κ2) is 5.32. The second-order valence-corrected chi connectivity index (χ2v) is 3.09. The molecule has 1 rings (SSSR count). The van der Waals surface area contributed by atoms with Gasteiger partial charge in [0.25, 0.3) is 0 Å². The number of rotatable bonds is 4. The second-order valence-electron chi connectivity index (χ2n) is 3.09. The number of nitriles is 1. The Balaban J connectivity index is 2.86. The summed E-state index contributed by atoms with van der Waals surface area (Å²) in [6.45, 7) is 2.20. The van der Waals surface area contributed by atoms with Crippen LogP contribution in [0.3, 0.4) is 0 Å². The van der Waals surface area contributed by atoms with Crippen LogP contribution in [0.5, 0.6) is 5.75 Å². The summed E-state index contributed by atoms with van der Waals surface area (Å²) in [4.78, 5) is 0. The molecule has 2 N–H and O–H groups in total. The van der Waals surface area contributed by atoms with Gasteiger partial charge in [0.1, 0.15) is 0 Å². The van der Waals surface area contributed by atoms with Crippen LogP contribution in [0.15, 0.2) is 18.2 Å². The molecule has 80 valence electrons. The Bertz CT molecular complexity index is 373. The van der Waals surface area contributed by atoms with E-state index in [-0.39, 0.29) is 12.2 Å². The molecule has 1 aromatic rings. The van der Waals surface area contributed by atoms with Gasteiger partial charge in [0, 0.05) is 6.04 Å². The first-order valence-corrected chi connectivity index (χ1v) is 4.73. The van der Waals surface area contributed by atoms with Gasteiger partial charge in [-0.3, -0.25) is 0 Å². The monoisotopic (exact) mass is 208 g/mol. The lowest BCUT2D eigenvalue weighted by Gasteiger charge is -2.10. The molecule has 0 spiro atoms. The SMILES string of the molecule is CCOc1ccc(C(N)CC#N)cc1F. The van der Waals surface area contributed by atoms with Crippen LogP contribution in [-0.4, -0.2) is 6.61 Å². The fourth-order valence-electron chi connectivity index (χ4n) is 1.24. The molecule has 0 aliphatic carbocycles. The molecule has 0 amide bonds. The van der Waals surface area contributed by atoms with Gasteiger partial charge in [-0.2, -0.15) is 5.26 Å². The van der Waals surface area contributed by atoms with Crippen molar-refractivity contribution in [1.82, 2.24) is 0 Å². The zero-order valence-electron chi connectivity index (χ0n) is 8.53. The van der Waals surface area contributed by atoms with E-state index in [1.807, 2.05) is 6.07 Å². The van der Waals surface area contributed by atoms with Crippen molar-refractivity contribution in [2.75, 3.05) is 6.61 Å². The molecular weight excluding hydrogens is 195 g/mol. The molecule has 0 fully saturated rings. The van der Waals surface area contributed by atoms with Gasteiger partial charge >= 0.3 is 0 Å². The summed E-state index contributed by atoms with van der Waals surface area (Å²) in [5, 5.41) is 8.46. The molecule has 15 heavy (non-hydrogen) atoms. The van der Waals surface area contributed by atoms with Crippen LogP contribution < -0.4 is 10.5 Å². The van der Waals surface area contributed by atoms with E-state index in [1.54, 1.807) is 13.0 Å². The lowest BCUT2D eigenvalue weighted by Crippen LogP contribution is -2.09. The average Bonchev–Trinajstić information content (AvgIpc) is 2.21. The van der Waals surface area contributed by atoms with E-state index >= 15 is 0 Å². The minimum Gasteiger partial charge on any atom is -0.491 e. The molecule has 0 aromatic heterocycles. The van der Waals surface area contributed by atoms with Gasteiger partial charge in [0.2, 0.25) is 0 Å². The Morgan fingerprint density at radius 2 is 2.33 bits per heavy atom. The molecule has 1 atom stereocenters. The number of nitrogens with two attached hydrogens (primary N) is 1. The number of hydrogen-bond donors (Lipinski definition) is 1. The van der Waals surface area contributed by atoms with E-state index in [0.29, 0.717) is 12.2 Å². The van der Waals surface area contributed by atoms with Crippen LogP contribution in [0.1, 0.15) is 24.9 Å². The highest BCUT2D eigenvalue weighted by atomic mass is 19.1. The van der Waals surface area contributed by atoms with Gasteiger partial charge < -0.3 is 10.5 Å². The molecular formula is C11H13FN2O. The van der Waals surface area contributed by atoms with Gasteiger partial charge in [0.05, 0.1) is 19.1 Å². The smallest absolute Gasteiger partial charge is 0.165 e. The van der Waals surface area contributed by atoms with Gasteiger partial charge in [-0.05, 0) is 24.6 Å². The maximum Gasteiger partial charge on any atom is 0.165 e. The molecule has 4 heteroatoms. The quantitative estimate of drug-likeness (QED) is 0.824. The van der Waals surface area contributed by atoms with Crippen LogP contribution in [0.2, 0.25) is 0 Å². The fourth-order valence-corrected chi connectivity index (χ4v) is 1.24. The Labute approximate surface area is 88.3 Å². The summed E-state index contributed by atoms with van der Waals surface area (Å²) in [6.07, 6.45) is 0.174. The van der Waals surface area contributed by atoms with E-state index in [9.17, 15) is 4.39 Å². The van der Waals surface area contributed by atoms with Gasteiger partial charge in [-0.25, -0.2) is 4.39 Å². The lowest BCUT2D eigenvalue weighted by atomic mass is 10.1. The topological polar surface area (TPSA) is 59.0 Å². The van der Waals surface area contributed by atoms with Crippen LogP contribution in [-0.2, 0) is 0 Å². The average molecular weight is 208 g/mol. The number of hydrogen-bond acceptors (Lipinski definition) is 3. The molecule has 0 saturated heterocycles. The van der Waals surface area contributed by atoms with Crippen LogP contribution in [0.25, 0.3) is 0 Å². The number of nitrogens with zero attached hydrogens (tertiary/aromatic N) is 1.